The zero-order valence-electron chi connectivity index (χ0n) is 27.4. The Hall–Kier alpha value is -4.75. The van der Waals surface area contributed by atoms with Crippen molar-refractivity contribution < 1.29 is 23.7 Å². The van der Waals surface area contributed by atoms with Gasteiger partial charge in [-0.15, -0.1) is 0 Å². The van der Waals surface area contributed by atoms with Gasteiger partial charge in [0.15, 0.2) is 5.82 Å². The van der Waals surface area contributed by atoms with Crippen LogP contribution < -0.4 is 21.3 Å². The molecule has 3 aromatic rings. The standard InChI is InChI=1S/C33H42N8O5/c1-18(2)26-16-27(39-46-26)37-32(45)33(5,6)31(44)35-21-8-9-22-23(30(43)36-25(22)14-21)15-24-19(3)29(20(4)34-24)38-28(42)17-41-12-10-40(7)11-13-41/h8-9,14-16,18,34H,10-13,17H2,1-7H3,(H,35,44)(H,36,43)(H,38,42)(H,37,39,45)/b23-15-. The van der Waals surface area contributed by atoms with Gasteiger partial charge in [0.05, 0.1) is 23.5 Å². The van der Waals surface area contributed by atoms with Crippen LogP contribution in [0.25, 0.3) is 11.6 Å². The molecule has 0 radical (unpaired) electrons. The van der Waals surface area contributed by atoms with E-state index >= 15 is 0 Å². The summed E-state index contributed by atoms with van der Waals surface area (Å²) in [5, 5.41) is 15.2. The topological polar surface area (TPSA) is 165 Å². The summed E-state index contributed by atoms with van der Waals surface area (Å²) in [6.45, 7) is 14.6. The Labute approximate surface area is 268 Å². The number of fused-ring (bicyclic) bond motifs is 1. The molecular formula is C33H42N8O5. The van der Waals surface area contributed by atoms with Gasteiger partial charge < -0.3 is 35.7 Å². The molecule has 0 spiro atoms. The van der Waals surface area contributed by atoms with E-state index in [0.29, 0.717) is 46.2 Å². The van der Waals surface area contributed by atoms with E-state index in [1.807, 2.05) is 27.7 Å². The zero-order chi connectivity index (χ0) is 33.3. The molecule has 0 bridgehead atoms. The van der Waals surface area contributed by atoms with Crippen molar-refractivity contribution in [3.8, 4) is 0 Å². The van der Waals surface area contributed by atoms with E-state index in [2.05, 4.69) is 48.3 Å². The van der Waals surface area contributed by atoms with E-state index in [1.165, 1.54) is 13.8 Å². The fourth-order valence-electron chi connectivity index (χ4n) is 5.34. The lowest BCUT2D eigenvalue weighted by molar-refractivity contribution is -0.135. The lowest BCUT2D eigenvalue weighted by atomic mass is 9.91. The molecule has 5 N–H and O–H groups in total. The van der Waals surface area contributed by atoms with Gasteiger partial charge in [0.2, 0.25) is 17.7 Å². The molecule has 2 aliphatic rings. The highest BCUT2D eigenvalue weighted by Gasteiger charge is 2.37. The molecule has 13 nitrogen and oxygen atoms in total. The molecule has 5 rings (SSSR count). The number of aryl methyl sites for hydroxylation is 1. The number of aromatic nitrogens is 2. The summed E-state index contributed by atoms with van der Waals surface area (Å²) in [7, 11) is 2.08. The average Bonchev–Trinajstić information content (AvgIpc) is 3.66. The second-order valence-corrected chi connectivity index (χ2v) is 12.9. The van der Waals surface area contributed by atoms with Crippen molar-refractivity contribution in [2.24, 2.45) is 5.41 Å². The van der Waals surface area contributed by atoms with Gasteiger partial charge in [0, 0.05) is 60.8 Å². The van der Waals surface area contributed by atoms with E-state index in [-0.39, 0.29) is 23.6 Å². The third-order valence-corrected chi connectivity index (χ3v) is 8.53. The van der Waals surface area contributed by atoms with Gasteiger partial charge in [0.1, 0.15) is 11.2 Å². The van der Waals surface area contributed by atoms with E-state index < -0.39 is 17.2 Å². The Kier molecular flexibility index (Phi) is 9.17. The minimum atomic E-state index is -1.44. The van der Waals surface area contributed by atoms with Crippen LogP contribution in [-0.2, 0) is 19.2 Å². The molecule has 4 heterocycles. The Bertz CT molecular complexity index is 1710. The van der Waals surface area contributed by atoms with Crippen molar-refractivity contribution in [1.29, 1.82) is 0 Å². The molecule has 1 saturated heterocycles. The number of likely N-dealkylation sites (N-methyl/N-ethyl adjacent to an activating group) is 1. The van der Waals surface area contributed by atoms with Crippen molar-refractivity contribution in [1.82, 2.24) is 19.9 Å². The third-order valence-electron chi connectivity index (χ3n) is 8.53. The third kappa shape index (κ3) is 6.90. The predicted octanol–water partition coefficient (Wildman–Crippen LogP) is 4.02. The fourth-order valence-corrected chi connectivity index (χ4v) is 5.34. The molecular weight excluding hydrogens is 588 g/mol. The molecule has 13 heteroatoms. The number of rotatable bonds is 9. The quantitative estimate of drug-likeness (QED) is 0.175. The maximum Gasteiger partial charge on any atom is 0.256 e. The fraction of sp³-hybridized carbons (Fsp3) is 0.424. The van der Waals surface area contributed by atoms with Gasteiger partial charge in [-0.2, -0.15) is 0 Å². The van der Waals surface area contributed by atoms with Crippen LogP contribution >= 0.6 is 0 Å². The summed E-state index contributed by atoms with van der Waals surface area (Å²) in [5.74, 6) is -0.482. The molecule has 0 aliphatic carbocycles. The number of nitrogens with zero attached hydrogens (tertiary/aromatic N) is 3. The summed E-state index contributed by atoms with van der Waals surface area (Å²) in [6.07, 6.45) is 1.76. The molecule has 0 unspecified atom stereocenters. The number of amides is 4. The molecule has 2 aliphatic heterocycles. The largest absolute Gasteiger partial charge is 0.359 e. The van der Waals surface area contributed by atoms with Gasteiger partial charge in [-0.3, -0.25) is 24.1 Å². The van der Waals surface area contributed by atoms with Crippen LogP contribution in [0.1, 0.15) is 61.9 Å². The minimum absolute atomic E-state index is 0.0773. The van der Waals surface area contributed by atoms with Crippen molar-refractivity contribution in [2.75, 3.05) is 61.0 Å². The number of aromatic amines is 1. The minimum Gasteiger partial charge on any atom is -0.359 e. The van der Waals surface area contributed by atoms with Crippen LogP contribution in [0.3, 0.4) is 0 Å². The highest BCUT2D eigenvalue weighted by atomic mass is 16.5. The van der Waals surface area contributed by atoms with Crippen molar-refractivity contribution in [2.45, 2.75) is 47.5 Å². The lowest BCUT2D eigenvalue weighted by Crippen LogP contribution is -2.47. The number of H-pyrrole nitrogens is 1. The molecule has 46 heavy (non-hydrogen) atoms. The number of hydrogen-bond acceptors (Lipinski definition) is 8. The van der Waals surface area contributed by atoms with Crippen LogP contribution in [0, 0.1) is 19.3 Å². The van der Waals surface area contributed by atoms with Crippen LogP contribution in [0.15, 0.2) is 28.8 Å². The molecule has 0 saturated carbocycles. The molecule has 0 atom stereocenters. The van der Waals surface area contributed by atoms with E-state index in [9.17, 15) is 19.2 Å². The first kappa shape index (κ1) is 32.6. The summed E-state index contributed by atoms with van der Waals surface area (Å²) in [6, 6.07) is 6.72. The lowest BCUT2D eigenvalue weighted by Gasteiger charge is -2.31. The van der Waals surface area contributed by atoms with Crippen LogP contribution in [-0.4, -0.2) is 83.3 Å². The normalized spacial score (nSPS) is 16.4. The summed E-state index contributed by atoms with van der Waals surface area (Å²) in [5.41, 5.74) is 3.66. The average molecular weight is 631 g/mol. The SMILES string of the molecule is Cc1[nH]c(/C=C2\C(=O)Nc3cc(NC(=O)C(C)(C)C(=O)Nc4cc(C(C)C)on4)ccc32)c(C)c1NC(=O)CN1CCN(C)CC1. The number of hydrogen-bond donors (Lipinski definition) is 5. The summed E-state index contributed by atoms with van der Waals surface area (Å²) < 4.78 is 5.22. The molecule has 1 aromatic carbocycles. The monoisotopic (exact) mass is 630 g/mol. The van der Waals surface area contributed by atoms with Crippen LogP contribution in [0.2, 0.25) is 0 Å². The molecule has 4 amide bonds. The van der Waals surface area contributed by atoms with Gasteiger partial charge in [-0.1, -0.05) is 25.1 Å². The summed E-state index contributed by atoms with van der Waals surface area (Å²) >= 11 is 0. The number of anilines is 4. The second-order valence-electron chi connectivity index (χ2n) is 12.9. The van der Waals surface area contributed by atoms with E-state index in [1.54, 1.807) is 30.3 Å². The van der Waals surface area contributed by atoms with Gasteiger partial charge in [-0.25, -0.2) is 0 Å². The first-order chi connectivity index (χ1) is 21.7. The van der Waals surface area contributed by atoms with Gasteiger partial charge >= 0.3 is 0 Å². The molecule has 2 aromatic heterocycles. The van der Waals surface area contributed by atoms with Gasteiger partial charge in [-0.05, 0) is 58.5 Å². The Morgan fingerprint density at radius 1 is 1.04 bits per heavy atom. The number of nitrogens with one attached hydrogen (secondary N) is 5. The Morgan fingerprint density at radius 3 is 2.41 bits per heavy atom. The number of carbonyl (C=O) groups excluding carboxylic acids is 4. The molecule has 244 valence electrons. The first-order valence-corrected chi connectivity index (χ1v) is 15.4. The highest BCUT2D eigenvalue weighted by Crippen LogP contribution is 2.37. The Morgan fingerprint density at radius 2 is 1.74 bits per heavy atom. The number of carbonyl (C=O) groups is 4. The van der Waals surface area contributed by atoms with Crippen molar-refractivity contribution in [3.05, 3.63) is 52.5 Å². The number of piperazine rings is 1. The second kappa shape index (κ2) is 12.9. The number of benzene rings is 1. The first-order valence-electron chi connectivity index (χ1n) is 15.4. The van der Waals surface area contributed by atoms with Gasteiger partial charge in [0.25, 0.3) is 5.91 Å². The summed E-state index contributed by atoms with van der Waals surface area (Å²) in [4.78, 5) is 59.7. The molecule has 1 fully saturated rings. The van der Waals surface area contributed by atoms with Crippen LogP contribution in [0.5, 0.6) is 0 Å². The zero-order valence-corrected chi connectivity index (χ0v) is 27.4. The predicted molar refractivity (Wildman–Crippen MR) is 177 cm³/mol. The van der Waals surface area contributed by atoms with E-state index in [0.717, 1.165) is 37.4 Å². The smallest absolute Gasteiger partial charge is 0.256 e. The van der Waals surface area contributed by atoms with Crippen LogP contribution in [0.4, 0.5) is 22.9 Å². The Balaban J connectivity index is 1.26. The maximum atomic E-state index is 13.2. The van der Waals surface area contributed by atoms with E-state index in [4.69, 9.17) is 4.52 Å². The van der Waals surface area contributed by atoms with Crippen molar-refractivity contribution >= 4 is 58.2 Å². The maximum absolute atomic E-state index is 13.2. The highest BCUT2D eigenvalue weighted by molar-refractivity contribution is 6.35. The van der Waals surface area contributed by atoms with Crippen molar-refractivity contribution in [3.63, 3.8) is 0 Å².